The molecular weight excluding hydrogens is 252 g/mol. The molecule has 0 aromatic rings. The quantitative estimate of drug-likeness (QED) is 0.566. The predicted molar refractivity (Wildman–Crippen MR) is 76.1 cm³/mol. The van der Waals surface area contributed by atoms with E-state index >= 15 is 0 Å². The second kappa shape index (κ2) is 7.25. The van der Waals surface area contributed by atoms with Crippen molar-refractivity contribution in [1.29, 1.82) is 0 Å². The maximum Gasteiger partial charge on any atom is 0.345 e. The first kappa shape index (κ1) is 16.8. The summed E-state index contributed by atoms with van der Waals surface area (Å²) in [6, 6.07) is -0.750. The van der Waals surface area contributed by atoms with Gasteiger partial charge in [0.15, 0.2) is 5.17 Å². The monoisotopic (exact) mass is 274 g/mol. The minimum Gasteiger partial charge on any atom is -0.333 e. The minimum absolute atomic E-state index is 0.280. The zero-order chi connectivity index (χ0) is 14.3. The van der Waals surface area contributed by atoms with Gasteiger partial charge in [0.05, 0.1) is 0 Å². The SMILES string of the molecule is CCN(C)C(=O)N=C(NC(=O)NC(C)(C)C)SC. The van der Waals surface area contributed by atoms with Crippen LogP contribution < -0.4 is 10.6 Å². The Morgan fingerprint density at radius 2 is 1.89 bits per heavy atom. The number of amides is 4. The first-order valence-electron chi connectivity index (χ1n) is 5.66. The van der Waals surface area contributed by atoms with E-state index < -0.39 is 0 Å². The van der Waals surface area contributed by atoms with Crippen LogP contribution in [0.1, 0.15) is 27.7 Å². The Morgan fingerprint density at radius 3 is 2.28 bits per heavy atom. The van der Waals surface area contributed by atoms with Gasteiger partial charge in [0, 0.05) is 19.1 Å². The molecule has 0 radical (unpaired) electrons. The van der Waals surface area contributed by atoms with Crippen LogP contribution in [-0.4, -0.2) is 47.5 Å². The molecule has 0 saturated heterocycles. The van der Waals surface area contributed by atoms with E-state index in [1.807, 2.05) is 27.7 Å². The standard InChI is InChI=1S/C11H22N4O2S/c1-7-15(5)10(17)13-9(18-6)12-8(16)14-11(2,3)4/h7H2,1-6H3,(H2,12,13,14,16,17). The molecule has 2 N–H and O–H groups in total. The molecule has 0 aliphatic rings. The summed E-state index contributed by atoms with van der Waals surface area (Å²) < 4.78 is 0. The Hall–Kier alpha value is -1.24. The van der Waals surface area contributed by atoms with Gasteiger partial charge in [0.25, 0.3) is 0 Å². The van der Waals surface area contributed by atoms with E-state index in [2.05, 4.69) is 15.6 Å². The molecule has 0 aliphatic carbocycles. The lowest BCUT2D eigenvalue weighted by Crippen LogP contribution is -2.47. The average Bonchev–Trinajstić information content (AvgIpc) is 2.24. The lowest BCUT2D eigenvalue weighted by Gasteiger charge is -2.21. The van der Waals surface area contributed by atoms with Gasteiger partial charge in [0.2, 0.25) is 0 Å². The summed E-state index contributed by atoms with van der Waals surface area (Å²) in [6.07, 6.45) is 1.75. The Bertz CT molecular complexity index is 336. The van der Waals surface area contributed by atoms with Crippen molar-refractivity contribution < 1.29 is 9.59 Å². The van der Waals surface area contributed by atoms with Crippen molar-refractivity contribution >= 4 is 29.0 Å². The van der Waals surface area contributed by atoms with Crippen molar-refractivity contribution in [2.24, 2.45) is 4.99 Å². The Kier molecular flexibility index (Phi) is 6.75. The van der Waals surface area contributed by atoms with E-state index in [4.69, 9.17) is 0 Å². The Morgan fingerprint density at radius 1 is 1.33 bits per heavy atom. The second-order valence-corrected chi connectivity index (χ2v) is 5.54. The number of urea groups is 2. The van der Waals surface area contributed by atoms with Crippen LogP contribution in [0.3, 0.4) is 0 Å². The van der Waals surface area contributed by atoms with Crippen LogP contribution in [0.2, 0.25) is 0 Å². The van der Waals surface area contributed by atoms with E-state index in [1.165, 1.54) is 16.7 Å². The van der Waals surface area contributed by atoms with Gasteiger partial charge in [-0.2, -0.15) is 4.99 Å². The number of aliphatic imine (C=N–C) groups is 1. The number of nitrogens with zero attached hydrogens (tertiary/aromatic N) is 2. The molecule has 0 aromatic heterocycles. The molecule has 0 heterocycles. The largest absolute Gasteiger partial charge is 0.345 e. The topological polar surface area (TPSA) is 73.8 Å². The molecule has 0 fully saturated rings. The predicted octanol–water partition coefficient (Wildman–Crippen LogP) is 1.87. The third-order valence-electron chi connectivity index (χ3n) is 1.90. The number of carbonyl (C=O) groups excluding carboxylic acids is 2. The third kappa shape index (κ3) is 7.16. The van der Waals surface area contributed by atoms with Gasteiger partial charge in [-0.25, -0.2) is 9.59 Å². The highest BCUT2D eigenvalue weighted by atomic mass is 32.2. The summed E-state index contributed by atoms with van der Waals surface area (Å²) in [5.41, 5.74) is -0.335. The van der Waals surface area contributed by atoms with Crippen LogP contribution in [0.4, 0.5) is 9.59 Å². The summed E-state index contributed by atoms with van der Waals surface area (Å²) in [6.45, 7) is 8.04. The molecule has 0 atom stereocenters. The molecule has 0 bridgehead atoms. The fourth-order valence-electron chi connectivity index (χ4n) is 0.901. The molecule has 18 heavy (non-hydrogen) atoms. The molecule has 0 spiro atoms. The zero-order valence-electron chi connectivity index (χ0n) is 11.8. The normalized spacial score (nSPS) is 12.0. The van der Waals surface area contributed by atoms with Crippen LogP contribution in [0.25, 0.3) is 0 Å². The van der Waals surface area contributed by atoms with E-state index in [9.17, 15) is 9.59 Å². The van der Waals surface area contributed by atoms with Crippen molar-refractivity contribution in [3.8, 4) is 0 Å². The highest BCUT2D eigenvalue weighted by Gasteiger charge is 2.15. The Labute approximate surface area is 113 Å². The molecular formula is C11H22N4O2S. The smallest absolute Gasteiger partial charge is 0.333 e. The summed E-state index contributed by atoms with van der Waals surface area (Å²) >= 11 is 1.21. The summed E-state index contributed by atoms with van der Waals surface area (Å²) in [4.78, 5) is 28.5. The van der Waals surface area contributed by atoms with Gasteiger partial charge in [-0.3, -0.25) is 5.32 Å². The van der Waals surface area contributed by atoms with Crippen molar-refractivity contribution in [3.05, 3.63) is 0 Å². The maximum absolute atomic E-state index is 11.6. The average molecular weight is 274 g/mol. The number of amidine groups is 1. The highest BCUT2D eigenvalue weighted by Crippen LogP contribution is 2.01. The number of nitrogens with one attached hydrogen (secondary N) is 2. The van der Waals surface area contributed by atoms with Gasteiger partial charge in [-0.1, -0.05) is 11.8 Å². The molecule has 6 nitrogen and oxygen atoms in total. The van der Waals surface area contributed by atoms with Gasteiger partial charge in [0.1, 0.15) is 0 Å². The Balaban J connectivity index is 4.57. The summed E-state index contributed by atoms with van der Waals surface area (Å²) in [5, 5.41) is 5.56. The summed E-state index contributed by atoms with van der Waals surface area (Å²) in [5.74, 6) is 0. The number of thioether (sulfide) groups is 1. The molecule has 0 unspecified atom stereocenters. The molecule has 4 amide bonds. The van der Waals surface area contributed by atoms with Gasteiger partial charge < -0.3 is 10.2 Å². The van der Waals surface area contributed by atoms with E-state index in [0.29, 0.717) is 6.54 Å². The van der Waals surface area contributed by atoms with Crippen molar-refractivity contribution in [3.63, 3.8) is 0 Å². The third-order valence-corrected chi connectivity index (χ3v) is 2.48. The molecule has 7 heteroatoms. The first-order chi connectivity index (χ1) is 8.19. The molecule has 104 valence electrons. The van der Waals surface area contributed by atoms with Gasteiger partial charge >= 0.3 is 12.1 Å². The van der Waals surface area contributed by atoms with Gasteiger partial charge in [-0.15, -0.1) is 0 Å². The number of hydrogen-bond acceptors (Lipinski definition) is 3. The van der Waals surface area contributed by atoms with Crippen molar-refractivity contribution in [2.75, 3.05) is 19.8 Å². The van der Waals surface area contributed by atoms with E-state index in [1.54, 1.807) is 13.3 Å². The second-order valence-electron chi connectivity index (χ2n) is 4.75. The fraction of sp³-hybridized carbons (Fsp3) is 0.727. The van der Waals surface area contributed by atoms with Crippen LogP contribution >= 0.6 is 11.8 Å². The van der Waals surface area contributed by atoms with E-state index in [-0.39, 0.29) is 22.8 Å². The minimum atomic E-state index is -0.377. The first-order valence-corrected chi connectivity index (χ1v) is 6.89. The fourth-order valence-corrected chi connectivity index (χ4v) is 1.27. The van der Waals surface area contributed by atoms with Crippen molar-refractivity contribution in [2.45, 2.75) is 33.2 Å². The summed E-state index contributed by atoms with van der Waals surface area (Å²) in [7, 11) is 1.65. The van der Waals surface area contributed by atoms with Crippen molar-refractivity contribution in [1.82, 2.24) is 15.5 Å². The molecule has 0 aromatic carbocycles. The highest BCUT2D eigenvalue weighted by molar-refractivity contribution is 8.13. The number of hydrogen-bond donors (Lipinski definition) is 2. The van der Waals surface area contributed by atoms with Crippen LogP contribution in [-0.2, 0) is 0 Å². The molecule has 0 saturated carbocycles. The number of carbonyl (C=O) groups is 2. The van der Waals surface area contributed by atoms with Crippen LogP contribution in [0, 0.1) is 0 Å². The van der Waals surface area contributed by atoms with Crippen LogP contribution in [0.15, 0.2) is 4.99 Å². The van der Waals surface area contributed by atoms with E-state index in [0.717, 1.165) is 0 Å². The lowest BCUT2D eigenvalue weighted by atomic mass is 10.1. The molecule has 0 aliphatic heterocycles. The maximum atomic E-state index is 11.6. The molecule has 0 rings (SSSR count). The zero-order valence-corrected chi connectivity index (χ0v) is 12.6. The van der Waals surface area contributed by atoms with Gasteiger partial charge in [-0.05, 0) is 34.0 Å². The lowest BCUT2D eigenvalue weighted by molar-refractivity contribution is 0.221. The van der Waals surface area contributed by atoms with Crippen LogP contribution in [0.5, 0.6) is 0 Å². The number of rotatable bonds is 1.